The molecule has 0 radical (unpaired) electrons. The topological polar surface area (TPSA) is 94.1 Å². The van der Waals surface area contributed by atoms with Gasteiger partial charge in [0.15, 0.2) is 0 Å². The van der Waals surface area contributed by atoms with Gasteiger partial charge in [-0.1, -0.05) is 0 Å². The van der Waals surface area contributed by atoms with E-state index in [1.54, 1.807) is 12.1 Å². The molecule has 0 aromatic heterocycles. The second kappa shape index (κ2) is 8.01. The van der Waals surface area contributed by atoms with E-state index in [1.165, 1.54) is 14.2 Å². The van der Waals surface area contributed by atoms with E-state index in [9.17, 15) is 14.7 Å². The first kappa shape index (κ1) is 18.1. The van der Waals surface area contributed by atoms with Crippen LogP contribution in [0.5, 0.6) is 11.5 Å². The quantitative estimate of drug-likeness (QED) is 0.819. The predicted octanol–water partition coefficient (Wildman–Crippen LogP) is 1.62. The summed E-state index contributed by atoms with van der Waals surface area (Å²) in [6.07, 6.45) is 1.49. The Balaban J connectivity index is 2.22. The van der Waals surface area contributed by atoms with Gasteiger partial charge in [0.2, 0.25) is 0 Å². The van der Waals surface area contributed by atoms with Crippen molar-refractivity contribution in [2.75, 3.05) is 27.4 Å². The van der Waals surface area contributed by atoms with Crippen molar-refractivity contribution in [3.8, 4) is 11.5 Å². The van der Waals surface area contributed by atoms with Gasteiger partial charge in [-0.2, -0.15) is 0 Å². The third-order valence-corrected chi connectivity index (χ3v) is 4.23. The van der Waals surface area contributed by atoms with Gasteiger partial charge in [-0.25, -0.2) is 4.79 Å². The molecule has 1 fully saturated rings. The van der Waals surface area contributed by atoms with Gasteiger partial charge in [0.1, 0.15) is 17.5 Å². The lowest BCUT2D eigenvalue weighted by atomic mass is 9.93. The van der Waals surface area contributed by atoms with Gasteiger partial charge in [-0.15, -0.1) is 0 Å². The number of ether oxygens (including phenoxy) is 3. The molecule has 2 atom stereocenters. The minimum absolute atomic E-state index is 0.241. The maximum atomic E-state index is 12.5. The van der Waals surface area contributed by atoms with Crippen molar-refractivity contribution in [2.24, 2.45) is 5.92 Å². The first-order valence-corrected chi connectivity index (χ1v) is 7.82. The maximum absolute atomic E-state index is 12.5. The maximum Gasteiger partial charge on any atom is 0.326 e. The monoisotopic (exact) mass is 337 g/mol. The summed E-state index contributed by atoms with van der Waals surface area (Å²) in [7, 11) is 3.01. The molecule has 7 heteroatoms. The van der Waals surface area contributed by atoms with Crippen LogP contribution in [0.4, 0.5) is 0 Å². The van der Waals surface area contributed by atoms with Crippen LogP contribution in [0.15, 0.2) is 12.1 Å². The number of methoxy groups -OCH3 is 2. The molecule has 2 rings (SSSR count). The Hall–Kier alpha value is -2.28. The van der Waals surface area contributed by atoms with Crippen molar-refractivity contribution < 1.29 is 28.9 Å². The molecule has 1 aromatic carbocycles. The lowest BCUT2D eigenvalue weighted by Gasteiger charge is -2.28. The number of amides is 1. The third kappa shape index (κ3) is 3.97. The van der Waals surface area contributed by atoms with Crippen molar-refractivity contribution >= 4 is 11.9 Å². The number of aliphatic carboxylic acids is 1. The predicted molar refractivity (Wildman–Crippen MR) is 86.7 cm³/mol. The average Bonchev–Trinajstić information content (AvgIpc) is 2.60. The molecule has 1 aliphatic heterocycles. The number of carboxylic acid groups (broad SMARTS) is 1. The average molecular weight is 337 g/mol. The second-order valence-corrected chi connectivity index (χ2v) is 5.77. The molecule has 0 saturated carbocycles. The van der Waals surface area contributed by atoms with E-state index >= 15 is 0 Å². The van der Waals surface area contributed by atoms with E-state index in [4.69, 9.17) is 14.2 Å². The Kier molecular flexibility index (Phi) is 6.03. The Bertz CT molecular complexity index is 584. The van der Waals surface area contributed by atoms with Crippen molar-refractivity contribution in [3.05, 3.63) is 23.3 Å². The summed E-state index contributed by atoms with van der Waals surface area (Å²) in [5.74, 6) is -0.774. The summed E-state index contributed by atoms with van der Waals surface area (Å²) in [4.78, 5) is 24.1. The number of hydrogen-bond donors (Lipinski definition) is 2. The van der Waals surface area contributed by atoms with E-state index in [0.29, 0.717) is 31.1 Å². The fourth-order valence-corrected chi connectivity index (χ4v) is 2.85. The zero-order chi connectivity index (χ0) is 17.7. The van der Waals surface area contributed by atoms with Gasteiger partial charge in [-0.05, 0) is 31.9 Å². The van der Waals surface area contributed by atoms with Crippen molar-refractivity contribution in [2.45, 2.75) is 25.8 Å². The summed E-state index contributed by atoms with van der Waals surface area (Å²) in [6.45, 7) is 2.78. The Morgan fingerprint density at radius 1 is 1.29 bits per heavy atom. The van der Waals surface area contributed by atoms with Gasteiger partial charge >= 0.3 is 5.97 Å². The fourth-order valence-electron chi connectivity index (χ4n) is 2.85. The Morgan fingerprint density at radius 2 is 1.92 bits per heavy atom. The smallest absolute Gasteiger partial charge is 0.326 e. The van der Waals surface area contributed by atoms with Gasteiger partial charge < -0.3 is 24.6 Å². The van der Waals surface area contributed by atoms with E-state index < -0.39 is 17.9 Å². The second-order valence-electron chi connectivity index (χ2n) is 5.77. The molecule has 1 heterocycles. The molecule has 1 aliphatic rings. The number of carbonyl (C=O) groups is 2. The Morgan fingerprint density at radius 3 is 2.38 bits per heavy atom. The number of nitrogens with one attached hydrogen (secondary N) is 1. The van der Waals surface area contributed by atoms with Gasteiger partial charge in [0, 0.05) is 23.7 Å². The van der Waals surface area contributed by atoms with Gasteiger partial charge in [0.05, 0.1) is 20.8 Å². The number of hydrogen-bond acceptors (Lipinski definition) is 5. The van der Waals surface area contributed by atoms with Crippen LogP contribution in [-0.2, 0) is 9.53 Å². The molecule has 1 amide bonds. The largest absolute Gasteiger partial charge is 0.496 e. The molecule has 1 saturated heterocycles. The van der Waals surface area contributed by atoms with Crippen molar-refractivity contribution in [1.29, 1.82) is 0 Å². The van der Waals surface area contributed by atoms with E-state index in [0.717, 1.165) is 12.0 Å². The van der Waals surface area contributed by atoms with Gasteiger partial charge in [0.25, 0.3) is 5.91 Å². The van der Waals surface area contributed by atoms with Crippen molar-refractivity contribution in [3.63, 3.8) is 0 Å². The van der Waals surface area contributed by atoms with Crippen LogP contribution >= 0.6 is 0 Å². The van der Waals surface area contributed by atoms with E-state index in [2.05, 4.69) is 5.32 Å². The van der Waals surface area contributed by atoms with E-state index in [1.807, 2.05) is 6.92 Å². The van der Waals surface area contributed by atoms with Crippen LogP contribution in [-0.4, -0.2) is 50.5 Å². The molecule has 0 spiro atoms. The molecule has 132 valence electrons. The SMILES string of the molecule is COc1cc(C(=O)NC(C(=O)O)C2CCCOC2)cc(OC)c1C. The van der Waals surface area contributed by atoms with Crippen LogP contribution in [0.3, 0.4) is 0 Å². The highest BCUT2D eigenvalue weighted by Crippen LogP contribution is 2.29. The third-order valence-electron chi connectivity index (χ3n) is 4.23. The van der Waals surface area contributed by atoms with Crippen LogP contribution in [0.1, 0.15) is 28.8 Å². The summed E-state index contributed by atoms with van der Waals surface area (Å²) in [5.41, 5.74) is 1.06. The lowest BCUT2D eigenvalue weighted by molar-refractivity contribution is -0.142. The molecule has 0 bridgehead atoms. The molecular formula is C17H23NO6. The zero-order valence-electron chi connectivity index (χ0n) is 14.1. The summed E-state index contributed by atoms with van der Waals surface area (Å²) in [5, 5.41) is 12.0. The highest BCUT2D eigenvalue weighted by atomic mass is 16.5. The first-order valence-electron chi connectivity index (χ1n) is 7.82. The first-order chi connectivity index (χ1) is 11.5. The highest BCUT2D eigenvalue weighted by Gasteiger charge is 2.31. The van der Waals surface area contributed by atoms with Crippen molar-refractivity contribution in [1.82, 2.24) is 5.32 Å². The molecule has 24 heavy (non-hydrogen) atoms. The summed E-state index contributed by atoms with van der Waals surface area (Å²) in [6, 6.07) is 2.16. The molecule has 2 unspecified atom stereocenters. The lowest BCUT2D eigenvalue weighted by Crippen LogP contribution is -2.48. The molecule has 1 aromatic rings. The van der Waals surface area contributed by atoms with Gasteiger partial charge in [-0.3, -0.25) is 4.79 Å². The molecule has 0 aliphatic carbocycles. The van der Waals surface area contributed by atoms with Crippen LogP contribution < -0.4 is 14.8 Å². The fraction of sp³-hybridized carbons (Fsp3) is 0.529. The minimum Gasteiger partial charge on any atom is -0.496 e. The number of carboxylic acids is 1. The normalized spacial score (nSPS) is 18.5. The number of carbonyl (C=O) groups excluding carboxylic acids is 1. The summed E-state index contributed by atoms with van der Waals surface area (Å²) >= 11 is 0. The van der Waals surface area contributed by atoms with E-state index in [-0.39, 0.29) is 11.5 Å². The van der Waals surface area contributed by atoms with Crippen LogP contribution in [0.25, 0.3) is 0 Å². The molecule has 2 N–H and O–H groups in total. The molecule has 7 nitrogen and oxygen atoms in total. The van der Waals surface area contributed by atoms with Crippen LogP contribution in [0.2, 0.25) is 0 Å². The standard InChI is InChI=1S/C17H23NO6/c1-10-13(22-2)7-12(8-14(10)23-3)16(19)18-15(17(20)21)11-5-4-6-24-9-11/h7-8,11,15H,4-6,9H2,1-3H3,(H,18,19)(H,20,21). The minimum atomic E-state index is -1.06. The Labute approximate surface area is 140 Å². The number of rotatable bonds is 6. The molecular weight excluding hydrogens is 314 g/mol. The van der Waals surface area contributed by atoms with Crippen LogP contribution in [0, 0.1) is 12.8 Å². The summed E-state index contributed by atoms with van der Waals surface area (Å²) < 4.78 is 15.8. The highest BCUT2D eigenvalue weighted by molar-refractivity contribution is 5.97. The number of benzene rings is 1. The zero-order valence-corrected chi connectivity index (χ0v) is 14.1.